The van der Waals surface area contributed by atoms with Crippen LogP contribution in [0.2, 0.25) is 0 Å². The van der Waals surface area contributed by atoms with E-state index in [0.29, 0.717) is 23.2 Å². The first-order valence-electron chi connectivity index (χ1n) is 16.7. The Bertz CT molecular complexity index is 1850. The SMILES string of the molecule is CC(c1ccc(-c2ccccc2-c2ccc(C(=O)c3ccc(-c4ccccc4-c4ccc(C(C)N(C)C)cc4)cc3)cc2)cc1)N(C)C.Cl. The van der Waals surface area contributed by atoms with Crippen LogP contribution in [0.3, 0.4) is 0 Å². The summed E-state index contributed by atoms with van der Waals surface area (Å²) in [6.07, 6.45) is 0. The minimum Gasteiger partial charge on any atom is -0.303 e. The Balaban J connectivity index is 0.00000468. The number of benzene rings is 6. The molecule has 0 amide bonds. The fraction of sp³-hybridized carbons (Fsp3) is 0.178. The van der Waals surface area contributed by atoms with Gasteiger partial charge < -0.3 is 9.80 Å². The number of carbonyl (C=O) groups is 1. The van der Waals surface area contributed by atoms with Crippen molar-refractivity contribution in [1.29, 1.82) is 0 Å². The lowest BCUT2D eigenvalue weighted by Crippen LogP contribution is -2.16. The zero-order valence-electron chi connectivity index (χ0n) is 29.2. The van der Waals surface area contributed by atoms with E-state index in [1.807, 2.05) is 24.3 Å². The zero-order valence-corrected chi connectivity index (χ0v) is 30.0. The predicted molar refractivity (Wildman–Crippen MR) is 210 cm³/mol. The van der Waals surface area contributed by atoms with E-state index < -0.39 is 0 Å². The molecule has 6 rings (SSSR count). The molecule has 2 atom stereocenters. The summed E-state index contributed by atoms with van der Waals surface area (Å²) in [4.78, 5) is 18.0. The molecule has 49 heavy (non-hydrogen) atoms. The molecule has 6 aromatic carbocycles. The minimum atomic E-state index is 0. The molecule has 248 valence electrons. The van der Waals surface area contributed by atoms with E-state index in [1.165, 1.54) is 33.4 Å². The largest absolute Gasteiger partial charge is 0.303 e. The number of ketones is 1. The van der Waals surface area contributed by atoms with Crippen molar-refractivity contribution in [2.75, 3.05) is 28.2 Å². The number of hydrogen-bond donors (Lipinski definition) is 0. The number of carbonyl (C=O) groups excluding carboxylic acids is 1. The number of nitrogens with zero attached hydrogens (tertiary/aromatic N) is 2. The molecule has 0 aromatic heterocycles. The van der Waals surface area contributed by atoms with Gasteiger partial charge in [-0.3, -0.25) is 4.79 Å². The summed E-state index contributed by atoms with van der Waals surface area (Å²) in [5, 5.41) is 0. The van der Waals surface area contributed by atoms with Crippen LogP contribution in [-0.4, -0.2) is 43.8 Å². The van der Waals surface area contributed by atoms with Crippen molar-refractivity contribution in [3.05, 3.63) is 168 Å². The van der Waals surface area contributed by atoms with Crippen molar-refractivity contribution in [3.8, 4) is 44.5 Å². The normalized spacial score (nSPS) is 12.4. The number of hydrogen-bond acceptors (Lipinski definition) is 3. The highest BCUT2D eigenvalue weighted by molar-refractivity contribution is 6.09. The molecular weight excluding hydrogens is 620 g/mol. The first-order valence-corrected chi connectivity index (χ1v) is 16.7. The summed E-state index contributed by atoms with van der Waals surface area (Å²) in [6.45, 7) is 4.43. The summed E-state index contributed by atoms with van der Waals surface area (Å²) in [5.74, 6) is 0.0193. The predicted octanol–water partition coefficient (Wildman–Crippen LogP) is 11.3. The van der Waals surface area contributed by atoms with Gasteiger partial charge in [0.25, 0.3) is 0 Å². The van der Waals surface area contributed by atoms with Gasteiger partial charge in [0.15, 0.2) is 5.78 Å². The zero-order chi connectivity index (χ0) is 33.8. The molecule has 4 heteroatoms. The van der Waals surface area contributed by atoms with E-state index >= 15 is 0 Å². The Morgan fingerprint density at radius 1 is 0.408 bits per heavy atom. The molecule has 2 unspecified atom stereocenters. The van der Waals surface area contributed by atoms with Crippen LogP contribution in [0.15, 0.2) is 146 Å². The lowest BCUT2D eigenvalue weighted by atomic mass is 9.91. The third-order valence-electron chi connectivity index (χ3n) is 9.73. The van der Waals surface area contributed by atoms with Crippen molar-refractivity contribution >= 4 is 18.2 Å². The molecule has 0 spiro atoms. The van der Waals surface area contributed by atoms with Crippen molar-refractivity contribution in [2.45, 2.75) is 25.9 Å². The van der Waals surface area contributed by atoms with Gasteiger partial charge in [0.05, 0.1) is 0 Å². The molecule has 0 fully saturated rings. The highest BCUT2D eigenvalue weighted by Crippen LogP contribution is 2.35. The van der Waals surface area contributed by atoms with Crippen LogP contribution in [0, 0.1) is 0 Å². The Kier molecular flexibility index (Phi) is 11.3. The van der Waals surface area contributed by atoms with E-state index in [9.17, 15) is 4.79 Å². The van der Waals surface area contributed by atoms with Crippen LogP contribution in [-0.2, 0) is 0 Å². The molecule has 0 aliphatic rings. The van der Waals surface area contributed by atoms with Gasteiger partial charge in [-0.05, 0) is 97.7 Å². The van der Waals surface area contributed by atoms with E-state index in [0.717, 1.165) is 22.3 Å². The highest BCUT2D eigenvalue weighted by Gasteiger charge is 2.15. The summed E-state index contributed by atoms with van der Waals surface area (Å²) >= 11 is 0. The molecule has 0 aliphatic carbocycles. The summed E-state index contributed by atoms with van der Waals surface area (Å²) in [7, 11) is 8.41. The van der Waals surface area contributed by atoms with Crippen molar-refractivity contribution in [1.82, 2.24) is 9.80 Å². The van der Waals surface area contributed by atoms with E-state index in [-0.39, 0.29) is 18.2 Å². The fourth-order valence-corrected chi connectivity index (χ4v) is 6.22. The molecule has 0 heterocycles. The number of rotatable bonds is 10. The second kappa shape index (κ2) is 15.6. The van der Waals surface area contributed by atoms with Crippen molar-refractivity contribution in [3.63, 3.8) is 0 Å². The molecule has 0 N–H and O–H groups in total. The third-order valence-corrected chi connectivity index (χ3v) is 9.73. The lowest BCUT2D eigenvalue weighted by Gasteiger charge is -2.20. The van der Waals surface area contributed by atoms with Gasteiger partial charge in [-0.25, -0.2) is 0 Å². The smallest absolute Gasteiger partial charge is 0.193 e. The van der Waals surface area contributed by atoms with Gasteiger partial charge in [0.2, 0.25) is 0 Å². The lowest BCUT2D eigenvalue weighted by molar-refractivity contribution is 0.103. The minimum absolute atomic E-state index is 0. The maximum atomic E-state index is 13.6. The van der Waals surface area contributed by atoms with Gasteiger partial charge in [-0.1, -0.05) is 146 Å². The topological polar surface area (TPSA) is 23.6 Å². The first kappa shape index (κ1) is 35.5. The number of halogens is 1. The van der Waals surface area contributed by atoms with Crippen molar-refractivity contribution in [2.24, 2.45) is 0 Å². The average Bonchev–Trinajstić information content (AvgIpc) is 3.14. The van der Waals surface area contributed by atoms with Gasteiger partial charge in [-0.15, -0.1) is 12.4 Å². The molecule has 0 saturated carbocycles. The summed E-state index contributed by atoms with van der Waals surface area (Å²) in [6, 6.07) is 51.3. The average molecular weight is 665 g/mol. The second-order valence-electron chi connectivity index (χ2n) is 13.1. The quantitative estimate of drug-likeness (QED) is 0.136. The molecule has 0 saturated heterocycles. The molecule has 6 aromatic rings. The Morgan fingerprint density at radius 3 is 0.898 bits per heavy atom. The Labute approximate surface area is 298 Å². The first-order chi connectivity index (χ1) is 23.2. The van der Waals surface area contributed by atoms with Crippen LogP contribution in [0.4, 0.5) is 0 Å². The maximum absolute atomic E-state index is 13.6. The molecule has 3 nitrogen and oxygen atoms in total. The van der Waals surface area contributed by atoms with Crippen LogP contribution in [0.5, 0.6) is 0 Å². The monoisotopic (exact) mass is 664 g/mol. The van der Waals surface area contributed by atoms with Crippen LogP contribution in [0.25, 0.3) is 44.5 Å². The maximum Gasteiger partial charge on any atom is 0.193 e. The molecule has 0 radical (unpaired) electrons. The molecule has 0 aliphatic heterocycles. The standard InChI is InChI=1S/C45H44N2O.ClH/c1-31(46(3)4)33-15-19-35(20-16-33)41-11-7-9-13-43(41)37-23-27-39(28-24-37)45(48)40-29-25-38(26-30-40)44-14-10-8-12-42(44)36-21-17-34(18-22-36)32(2)47(5)6;/h7-32H,1-6H3;1H. The summed E-state index contributed by atoms with van der Waals surface area (Å²) < 4.78 is 0. The van der Waals surface area contributed by atoms with Gasteiger partial charge in [-0.2, -0.15) is 0 Å². The Morgan fingerprint density at radius 2 is 0.653 bits per heavy atom. The van der Waals surface area contributed by atoms with E-state index in [2.05, 4.69) is 173 Å². The van der Waals surface area contributed by atoms with Crippen LogP contribution < -0.4 is 0 Å². The van der Waals surface area contributed by atoms with Crippen LogP contribution in [0.1, 0.15) is 53.0 Å². The van der Waals surface area contributed by atoms with E-state index in [4.69, 9.17) is 0 Å². The van der Waals surface area contributed by atoms with Crippen molar-refractivity contribution < 1.29 is 4.79 Å². The fourth-order valence-electron chi connectivity index (χ4n) is 6.22. The third kappa shape index (κ3) is 7.76. The second-order valence-corrected chi connectivity index (χ2v) is 13.1. The van der Waals surface area contributed by atoms with Crippen LogP contribution >= 0.6 is 12.4 Å². The van der Waals surface area contributed by atoms with Gasteiger partial charge in [0.1, 0.15) is 0 Å². The van der Waals surface area contributed by atoms with Gasteiger partial charge >= 0.3 is 0 Å². The summed E-state index contributed by atoms with van der Waals surface area (Å²) in [5.41, 5.74) is 13.1. The van der Waals surface area contributed by atoms with E-state index in [1.54, 1.807) is 0 Å². The highest BCUT2D eigenvalue weighted by atomic mass is 35.5. The molecule has 0 bridgehead atoms. The Hall–Kier alpha value is -4.80. The molecular formula is C45H45ClN2O. The van der Waals surface area contributed by atoms with Gasteiger partial charge in [0, 0.05) is 23.2 Å².